The number of allylic oxidation sites excluding steroid dienone is 3. The molecule has 2 aromatic carbocycles. The minimum atomic E-state index is -0.408. The van der Waals surface area contributed by atoms with Crippen LogP contribution in [0.2, 0.25) is 0 Å². The zero-order chi connectivity index (χ0) is 22.6. The molecule has 1 fully saturated rings. The molecule has 3 atom stereocenters. The lowest BCUT2D eigenvalue weighted by Crippen LogP contribution is -2.38. The average Bonchev–Trinajstić information content (AvgIpc) is 2.81. The zero-order valence-electron chi connectivity index (χ0n) is 18.8. The van der Waals surface area contributed by atoms with E-state index in [9.17, 15) is 4.39 Å². The number of halogens is 1. The normalized spacial score (nSPS) is 24.1. The Hall–Kier alpha value is -2.94. The van der Waals surface area contributed by atoms with E-state index in [0.717, 1.165) is 44.8 Å². The minimum absolute atomic E-state index is 0.143. The summed E-state index contributed by atoms with van der Waals surface area (Å²) in [6.07, 6.45) is 12.8. The molecule has 2 aromatic rings. The van der Waals surface area contributed by atoms with Gasteiger partial charge in [-0.05, 0) is 66.5 Å². The van der Waals surface area contributed by atoms with Crippen LogP contribution in [0.3, 0.4) is 0 Å². The molecule has 0 radical (unpaired) electrons. The molecule has 0 amide bonds. The topological polar surface area (TPSA) is 45.5 Å². The lowest BCUT2D eigenvalue weighted by molar-refractivity contribution is -0.0628. The molecule has 1 aliphatic carbocycles. The number of benzene rings is 2. The van der Waals surface area contributed by atoms with Gasteiger partial charge >= 0.3 is 0 Å². The first-order valence-corrected chi connectivity index (χ1v) is 11.8. The molecule has 1 saturated heterocycles. The van der Waals surface area contributed by atoms with Crippen LogP contribution >= 0.6 is 0 Å². The van der Waals surface area contributed by atoms with Gasteiger partial charge in [-0.25, -0.2) is 4.39 Å². The van der Waals surface area contributed by atoms with E-state index >= 15 is 0 Å². The molecule has 2 aliphatic heterocycles. The van der Waals surface area contributed by atoms with E-state index in [1.54, 1.807) is 12.1 Å². The third-order valence-electron chi connectivity index (χ3n) is 7.02. The summed E-state index contributed by atoms with van der Waals surface area (Å²) in [5, 5.41) is 8.90. The van der Waals surface area contributed by atoms with E-state index in [2.05, 4.69) is 41.3 Å². The van der Waals surface area contributed by atoms with Gasteiger partial charge in [0, 0.05) is 31.8 Å². The van der Waals surface area contributed by atoms with Crippen LogP contribution in [0, 0.1) is 29.0 Å². The molecule has 5 heteroatoms. The Bertz CT molecular complexity index is 1100. The Balaban J connectivity index is 1.21. The van der Waals surface area contributed by atoms with Crippen molar-refractivity contribution in [1.29, 1.82) is 5.26 Å². The molecule has 0 spiro atoms. The molecule has 4 nitrogen and oxygen atoms in total. The van der Waals surface area contributed by atoms with Crippen LogP contribution < -0.4 is 4.74 Å². The highest BCUT2D eigenvalue weighted by atomic mass is 19.1. The first kappa shape index (κ1) is 21.9. The van der Waals surface area contributed by atoms with Crippen molar-refractivity contribution >= 4 is 0 Å². The molecule has 0 saturated carbocycles. The molecular weight excluding hydrogens is 415 g/mol. The highest BCUT2D eigenvalue weighted by Crippen LogP contribution is 2.31. The van der Waals surface area contributed by atoms with Gasteiger partial charge in [0.1, 0.15) is 18.2 Å². The standard InChI is InChI=1S/C28H29FN2O2/c29-28-13-20(16-30)5-6-24(28)19-33-26-8-7-21-9-11-31(18-25(21)15-26)17-23-4-2-1-3-22(23)14-27-10-12-32-27/h1-8,13,15,22-23,27H,9-12,14,17-19H2/t22-,23?,27?/m1/s1. The summed E-state index contributed by atoms with van der Waals surface area (Å²) < 4.78 is 25.8. The maximum absolute atomic E-state index is 14.2. The Morgan fingerprint density at radius 3 is 2.70 bits per heavy atom. The summed E-state index contributed by atoms with van der Waals surface area (Å²) >= 11 is 0. The lowest BCUT2D eigenvalue weighted by atomic mass is 9.82. The Morgan fingerprint density at radius 2 is 1.94 bits per heavy atom. The number of hydrogen-bond acceptors (Lipinski definition) is 4. The maximum atomic E-state index is 14.2. The van der Waals surface area contributed by atoms with E-state index in [-0.39, 0.29) is 6.61 Å². The summed E-state index contributed by atoms with van der Waals surface area (Å²) in [7, 11) is 0. The second-order valence-electron chi connectivity index (χ2n) is 9.24. The summed E-state index contributed by atoms with van der Waals surface area (Å²) in [4.78, 5) is 2.54. The predicted molar refractivity (Wildman–Crippen MR) is 125 cm³/mol. The third-order valence-corrected chi connectivity index (χ3v) is 7.02. The number of rotatable bonds is 7. The molecule has 0 N–H and O–H groups in total. The zero-order valence-corrected chi connectivity index (χ0v) is 18.8. The van der Waals surface area contributed by atoms with Crippen molar-refractivity contribution in [3.8, 4) is 11.8 Å². The second kappa shape index (κ2) is 9.91. The van der Waals surface area contributed by atoms with Crippen LogP contribution in [-0.2, 0) is 24.3 Å². The molecule has 3 aliphatic rings. The van der Waals surface area contributed by atoms with E-state index in [1.807, 2.05) is 12.1 Å². The van der Waals surface area contributed by atoms with Crippen molar-refractivity contribution in [2.24, 2.45) is 11.8 Å². The van der Waals surface area contributed by atoms with Gasteiger partial charge in [0.2, 0.25) is 0 Å². The van der Waals surface area contributed by atoms with Gasteiger partial charge in [0.25, 0.3) is 0 Å². The second-order valence-corrected chi connectivity index (χ2v) is 9.24. The Morgan fingerprint density at radius 1 is 1.09 bits per heavy atom. The average molecular weight is 445 g/mol. The molecule has 33 heavy (non-hydrogen) atoms. The molecule has 0 bridgehead atoms. The highest BCUT2D eigenvalue weighted by molar-refractivity contribution is 5.38. The summed E-state index contributed by atoms with van der Waals surface area (Å²) in [6.45, 7) is 4.05. The monoisotopic (exact) mass is 444 g/mol. The fraction of sp³-hybridized carbons (Fsp3) is 0.393. The molecule has 0 aromatic heterocycles. The van der Waals surface area contributed by atoms with Crippen molar-refractivity contribution in [3.63, 3.8) is 0 Å². The Kier molecular flexibility index (Phi) is 6.57. The molecule has 170 valence electrons. The SMILES string of the molecule is N#Cc1ccc(COc2ccc3c(c2)CN(CC2C=CC=C[C@@H]2CC2CCO2)CC3)c(F)c1. The van der Waals surface area contributed by atoms with E-state index in [0.29, 0.717) is 29.1 Å². The predicted octanol–water partition coefficient (Wildman–Crippen LogP) is 5.17. The van der Waals surface area contributed by atoms with E-state index < -0.39 is 5.82 Å². The van der Waals surface area contributed by atoms with Crippen LogP contribution in [0.4, 0.5) is 4.39 Å². The minimum Gasteiger partial charge on any atom is -0.489 e. The van der Waals surface area contributed by atoms with Crippen LogP contribution in [0.1, 0.15) is 35.1 Å². The van der Waals surface area contributed by atoms with Gasteiger partial charge in [0.15, 0.2) is 0 Å². The highest BCUT2D eigenvalue weighted by Gasteiger charge is 2.28. The number of fused-ring (bicyclic) bond motifs is 1. The van der Waals surface area contributed by atoms with Crippen molar-refractivity contribution in [2.75, 3.05) is 19.7 Å². The number of hydrogen-bond donors (Lipinski definition) is 0. The maximum Gasteiger partial charge on any atom is 0.131 e. The lowest BCUT2D eigenvalue weighted by Gasteiger charge is -2.36. The summed E-state index contributed by atoms with van der Waals surface area (Å²) in [6, 6.07) is 12.6. The first-order chi connectivity index (χ1) is 16.2. The smallest absolute Gasteiger partial charge is 0.131 e. The van der Waals surface area contributed by atoms with Crippen LogP contribution in [-0.4, -0.2) is 30.7 Å². The van der Waals surface area contributed by atoms with Gasteiger partial charge in [-0.1, -0.05) is 36.4 Å². The number of nitriles is 1. The van der Waals surface area contributed by atoms with Crippen molar-refractivity contribution in [1.82, 2.24) is 4.90 Å². The van der Waals surface area contributed by atoms with Gasteiger partial charge < -0.3 is 9.47 Å². The van der Waals surface area contributed by atoms with Gasteiger partial charge in [-0.3, -0.25) is 4.90 Å². The molecule has 2 unspecified atom stereocenters. The first-order valence-electron chi connectivity index (χ1n) is 11.8. The molecular formula is C28H29FN2O2. The van der Waals surface area contributed by atoms with Gasteiger partial charge in [0.05, 0.1) is 17.7 Å². The largest absolute Gasteiger partial charge is 0.489 e. The van der Waals surface area contributed by atoms with Crippen LogP contribution in [0.5, 0.6) is 5.75 Å². The number of ether oxygens (including phenoxy) is 2. The summed E-state index contributed by atoms with van der Waals surface area (Å²) in [5.74, 6) is 1.40. The van der Waals surface area contributed by atoms with Crippen molar-refractivity contribution in [2.45, 2.75) is 38.5 Å². The third kappa shape index (κ3) is 5.19. The van der Waals surface area contributed by atoms with Gasteiger partial charge in [-0.15, -0.1) is 0 Å². The fourth-order valence-corrected chi connectivity index (χ4v) is 4.95. The Labute approximate surface area is 194 Å². The van der Waals surface area contributed by atoms with Crippen molar-refractivity contribution in [3.05, 3.63) is 88.8 Å². The quantitative estimate of drug-likeness (QED) is 0.591. The molecule has 2 heterocycles. The fourth-order valence-electron chi connectivity index (χ4n) is 4.95. The van der Waals surface area contributed by atoms with Crippen LogP contribution in [0.25, 0.3) is 0 Å². The van der Waals surface area contributed by atoms with E-state index in [4.69, 9.17) is 14.7 Å². The summed E-state index contributed by atoms with van der Waals surface area (Å²) in [5.41, 5.74) is 3.41. The number of nitrogens with zero attached hydrogens (tertiary/aromatic N) is 2. The van der Waals surface area contributed by atoms with Crippen LogP contribution in [0.15, 0.2) is 60.7 Å². The molecule has 5 rings (SSSR count). The van der Waals surface area contributed by atoms with E-state index in [1.165, 1.54) is 23.6 Å². The van der Waals surface area contributed by atoms with Gasteiger partial charge in [-0.2, -0.15) is 5.26 Å². The van der Waals surface area contributed by atoms with Crippen molar-refractivity contribution < 1.29 is 13.9 Å².